The van der Waals surface area contributed by atoms with Crippen LogP contribution in [0.3, 0.4) is 0 Å². The quantitative estimate of drug-likeness (QED) is 0.809. The summed E-state index contributed by atoms with van der Waals surface area (Å²) < 4.78 is 22.7. The van der Waals surface area contributed by atoms with Crippen LogP contribution in [-0.4, -0.2) is 25.5 Å². The van der Waals surface area contributed by atoms with E-state index in [0.29, 0.717) is 17.6 Å². The van der Waals surface area contributed by atoms with Crippen molar-refractivity contribution in [3.63, 3.8) is 0 Å². The Morgan fingerprint density at radius 1 is 1.25 bits per heavy atom. The minimum Gasteiger partial charge on any atom is -0.325 e. The second kappa shape index (κ2) is 4.65. The molecule has 0 amide bonds. The molecule has 1 aliphatic carbocycles. The molecule has 0 bridgehead atoms. The Morgan fingerprint density at radius 2 is 1.88 bits per heavy atom. The molecule has 4 heteroatoms. The molecule has 1 fully saturated rings. The lowest BCUT2D eigenvalue weighted by atomic mass is 9.86. The zero-order valence-electron chi connectivity index (χ0n) is 10.8. The first kappa shape index (κ1) is 14.0. The van der Waals surface area contributed by atoms with Crippen molar-refractivity contribution >= 4 is 9.84 Å². The summed E-state index contributed by atoms with van der Waals surface area (Å²) in [5, 5.41) is 0. The van der Waals surface area contributed by atoms with Gasteiger partial charge in [0.05, 0.1) is 5.75 Å². The van der Waals surface area contributed by atoms with Gasteiger partial charge in [-0.15, -0.1) is 0 Å². The van der Waals surface area contributed by atoms with Crippen LogP contribution >= 0.6 is 0 Å². The van der Waals surface area contributed by atoms with Gasteiger partial charge in [-0.05, 0) is 37.5 Å². The topological polar surface area (TPSA) is 60.2 Å². The average molecular weight is 247 g/mol. The molecule has 0 aromatic heterocycles. The van der Waals surface area contributed by atoms with Crippen LogP contribution in [0.15, 0.2) is 0 Å². The smallest absolute Gasteiger partial charge is 0.150 e. The van der Waals surface area contributed by atoms with Crippen LogP contribution in [0.2, 0.25) is 0 Å². The van der Waals surface area contributed by atoms with Crippen molar-refractivity contribution in [3.05, 3.63) is 0 Å². The molecule has 96 valence electrons. The van der Waals surface area contributed by atoms with Gasteiger partial charge in [-0.1, -0.05) is 20.8 Å². The maximum Gasteiger partial charge on any atom is 0.150 e. The predicted octanol–water partition coefficient (Wildman–Crippen LogP) is 2.11. The highest BCUT2D eigenvalue weighted by Gasteiger charge is 2.39. The monoisotopic (exact) mass is 247 g/mol. The van der Waals surface area contributed by atoms with Gasteiger partial charge < -0.3 is 5.73 Å². The molecule has 0 aromatic carbocycles. The third-order valence-corrected chi connectivity index (χ3v) is 5.49. The van der Waals surface area contributed by atoms with Crippen LogP contribution in [0.4, 0.5) is 0 Å². The number of hydrogen-bond acceptors (Lipinski definition) is 3. The van der Waals surface area contributed by atoms with Gasteiger partial charge in [0.15, 0.2) is 0 Å². The highest BCUT2D eigenvalue weighted by atomic mass is 32.2. The van der Waals surface area contributed by atoms with Crippen molar-refractivity contribution < 1.29 is 8.42 Å². The predicted molar refractivity (Wildman–Crippen MR) is 68.1 cm³/mol. The SMILES string of the molecule is CCS(=O)(=O)CCCC1(N)CCC(C)(C)C1. The Morgan fingerprint density at radius 3 is 2.31 bits per heavy atom. The lowest BCUT2D eigenvalue weighted by Crippen LogP contribution is -2.38. The van der Waals surface area contributed by atoms with Gasteiger partial charge in [0, 0.05) is 11.3 Å². The Labute approximate surface area is 99.7 Å². The molecule has 2 N–H and O–H groups in total. The van der Waals surface area contributed by atoms with Crippen molar-refractivity contribution in [3.8, 4) is 0 Å². The first-order chi connectivity index (χ1) is 7.18. The highest BCUT2D eigenvalue weighted by Crippen LogP contribution is 2.44. The number of sulfone groups is 1. The maximum absolute atomic E-state index is 11.4. The molecule has 1 saturated carbocycles. The molecule has 0 aromatic rings. The Hall–Kier alpha value is -0.0900. The lowest BCUT2D eigenvalue weighted by molar-refractivity contribution is 0.322. The van der Waals surface area contributed by atoms with E-state index in [2.05, 4.69) is 13.8 Å². The fraction of sp³-hybridized carbons (Fsp3) is 1.00. The van der Waals surface area contributed by atoms with E-state index in [9.17, 15) is 8.42 Å². The van der Waals surface area contributed by atoms with Gasteiger partial charge in [-0.3, -0.25) is 0 Å². The fourth-order valence-corrected chi connectivity index (χ4v) is 3.59. The molecule has 1 atom stereocenters. The molecule has 0 saturated heterocycles. The van der Waals surface area contributed by atoms with E-state index in [1.165, 1.54) is 0 Å². The molecule has 0 radical (unpaired) electrons. The largest absolute Gasteiger partial charge is 0.325 e. The third kappa shape index (κ3) is 4.06. The number of hydrogen-bond donors (Lipinski definition) is 1. The first-order valence-electron chi connectivity index (χ1n) is 6.17. The molecule has 0 spiro atoms. The van der Waals surface area contributed by atoms with Gasteiger partial charge in [-0.25, -0.2) is 8.42 Å². The Kier molecular flexibility index (Phi) is 4.06. The maximum atomic E-state index is 11.4. The fourth-order valence-electron chi connectivity index (χ4n) is 2.72. The molecule has 0 aliphatic heterocycles. The summed E-state index contributed by atoms with van der Waals surface area (Å²) in [5.41, 5.74) is 6.52. The van der Waals surface area contributed by atoms with Crippen LogP contribution in [0, 0.1) is 5.41 Å². The van der Waals surface area contributed by atoms with Crippen molar-refractivity contribution in [1.29, 1.82) is 0 Å². The van der Waals surface area contributed by atoms with Crippen LogP contribution in [-0.2, 0) is 9.84 Å². The summed E-state index contributed by atoms with van der Waals surface area (Å²) in [4.78, 5) is 0. The summed E-state index contributed by atoms with van der Waals surface area (Å²) in [5.74, 6) is 0.541. The summed E-state index contributed by atoms with van der Waals surface area (Å²) >= 11 is 0. The molecular weight excluding hydrogens is 222 g/mol. The highest BCUT2D eigenvalue weighted by molar-refractivity contribution is 7.91. The minimum absolute atomic E-state index is 0.118. The van der Waals surface area contributed by atoms with Crippen molar-refractivity contribution in [2.45, 2.75) is 58.4 Å². The summed E-state index contributed by atoms with van der Waals surface area (Å²) in [6.45, 7) is 6.18. The first-order valence-corrected chi connectivity index (χ1v) is 8.00. The van der Waals surface area contributed by atoms with Crippen LogP contribution < -0.4 is 5.73 Å². The third-order valence-electron chi connectivity index (χ3n) is 3.70. The molecule has 1 aliphatic rings. The molecule has 0 heterocycles. The van der Waals surface area contributed by atoms with Gasteiger partial charge >= 0.3 is 0 Å². The van der Waals surface area contributed by atoms with Crippen molar-refractivity contribution in [2.24, 2.45) is 11.1 Å². The van der Waals surface area contributed by atoms with E-state index in [1.807, 2.05) is 0 Å². The van der Waals surface area contributed by atoms with E-state index < -0.39 is 9.84 Å². The second-order valence-electron chi connectivity index (χ2n) is 6.04. The molecule has 1 rings (SSSR count). The van der Waals surface area contributed by atoms with Crippen molar-refractivity contribution in [1.82, 2.24) is 0 Å². The molecule has 1 unspecified atom stereocenters. The van der Waals surface area contributed by atoms with Gasteiger partial charge in [0.25, 0.3) is 0 Å². The number of nitrogens with two attached hydrogens (primary N) is 1. The Balaban J connectivity index is 2.39. The summed E-state index contributed by atoms with van der Waals surface area (Å²) in [7, 11) is -2.82. The van der Waals surface area contributed by atoms with E-state index >= 15 is 0 Å². The molecule has 16 heavy (non-hydrogen) atoms. The van der Waals surface area contributed by atoms with E-state index in [4.69, 9.17) is 5.73 Å². The lowest BCUT2D eigenvalue weighted by Gasteiger charge is -2.26. The summed E-state index contributed by atoms with van der Waals surface area (Å²) in [6, 6.07) is 0. The normalized spacial score (nSPS) is 29.5. The van der Waals surface area contributed by atoms with E-state index in [1.54, 1.807) is 6.92 Å². The van der Waals surface area contributed by atoms with Crippen molar-refractivity contribution in [2.75, 3.05) is 11.5 Å². The summed E-state index contributed by atoms with van der Waals surface area (Å²) in [6.07, 6.45) is 4.76. The second-order valence-corrected chi connectivity index (χ2v) is 8.52. The van der Waals surface area contributed by atoms with E-state index in [-0.39, 0.29) is 11.3 Å². The van der Waals surface area contributed by atoms with E-state index in [0.717, 1.165) is 25.7 Å². The Bertz CT molecular complexity index is 335. The van der Waals surface area contributed by atoms with Gasteiger partial charge in [-0.2, -0.15) is 0 Å². The molecule has 3 nitrogen and oxygen atoms in total. The zero-order chi connectivity index (χ0) is 12.4. The van der Waals surface area contributed by atoms with Crippen LogP contribution in [0.5, 0.6) is 0 Å². The van der Waals surface area contributed by atoms with Crippen LogP contribution in [0.1, 0.15) is 52.9 Å². The van der Waals surface area contributed by atoms with Gasteiger partial charge in [0.2, 0.25) is 0 Å². The molecular formula is C12H25NO2S. The minimum atomic E-state index is -2.82. The average Bonchev–Trinajstić information content (AvgIpc) is 2.41. The number of rotatable bonds is 5. The van der Waals surface area contributed by atoms with Gasteiger partial charge in [0.1, 0.15) is 9.84 Å². The standard InChI is InChI=1S/C12H25NO2S/c1-4-16(14,15)9-5-6-12(13)8-7-11(2,3)10-12/h4-10,13H2,1-3H3. The van der Waals surface area contributed by atoms with Crippen LogP contribution in [0.25, 0.3) is 0 Å². The zero-order valence-corrected chi connectivity index (χ0v) is 11.6.